The molecule has 4 aliphatic rings. The summed E-state index contributed by atoms with van der Waals surface area (Å²) < 4.78 is 0. The number of carbonyl (C=O) groups is 3. The number of hydrogen-bond donors (Lipinski definition) is 3. The standard InChI is InChI=1S/C40H55N3O3/c1-25(2)9-18-34(44)42-29-15-11-27-13-17-33-38(4,31(27)24-29)20-8-22-40(33,6)36(46)43-35(45)39(5)21-7-19-37(3)30-23-28(41)14-10-26(30)12-16-32(37)39/h10-11,14-15,23-25,32-33H,7-9,12-13,16-22,41H2,1-6H3,(H,42,44)(H,43,45,46)/t32-,33-,37-,38-,39+,40+/m1/s1. The number of rotatable bonds is 6. The molecule has 6 heteroatoms. The SMILES string of the molecule is CC(C)CCC(=O)Nc1ccc2c(c1)[C@@]1(C)CCC[C@](C)(C(=O)NC(=O)[C@@]3(C)CCC[C@]4(C)c5cc(N)ccc5CC[C@@H]34)[C@@H]1CC2. The van der Waals surface area contributed by atoms with Crippen LogP contribution in [0.25, 0.3) is 0 Å². The first kappa shape index (κ1) is 32.8. The predicted octanol–water partition coefficient (Wildman–Crippen LogP) is 8.01. The molecule has 2 aromatic carbocycles. The van der Waals surface area contributed by atoms with Gasteiger partial charge in [0.05, 0.1) is 10.8 Å². The van der Waals surface area contributed by atoms with Crippen molar-refractivity contribution in [2.24, 2.45) is 28.6 Å². The molecule has 2 saturated carbocycles. The molecule has 2 fully saturated rings. The first-order valence-corrected chi connectivity index (χ1v) is 17.9. The van der Waals surface area contributed by atoms with Gasteiger partial charge in [-0.2, -0.15) is 0 Å². The Morgan fingerprint density at radius 3 is 1.85 bits per heavy atom. The second kappa shape index (κ2) is 11.8. The van der Waals surface area contributed by atoms with E-state index in [-0.39, 0.29) is 40.4 Å². The van der Waals surface area contributed by atoms with Crippen molar-refractivity contribution >= 4 is 29.1 Å². The molecule has 3 amide bonds. The number of hydrogen-bond acceptors (Lipinski definition) is 4. The highest BCUT2D eigenvalue weighted by Gasteiger charge is 2.58. The topological polar surface area (TPSA) is 101 Å². The van der Waals surface area contributed by atoms with E-state index >= 15 is 0 Å². The lowest BCUT2D eigenvalue weighted by atomic mass is 9.49. The van der Waals surface area contributed by atoms with Crippen LogP contribution in [0.2, 0.25) is 0 Å². The molecule has 4 N–H and O–H groups in total. The molecule has 4 aliphatic carbocycles. The van der Waals surface area contributed by atoms with Crippen molar-refractivity contribution < 1.29 is 14.4 Å². The third kappa shape index (κ3) is 5.38. The number of anilines is 2. The summed E-state index contributed by atoms with van der Waals surface area (Å²) in [5.74, 6) is 0.581. The summed E-state index contributed by atoms with van der Waals surface area (Å²) >= 11 is 0. The molecule has 0 radical (unpaired) electrons. The molecular weight excluding hydrogens is 570 g/mol. The minimum absolute atomic E-state index is 0.0507. The van der Waals surface area contributed by atoms with Gasteiger partial charge in [0.1, 0.15) is 0 Å². The number of nitrogens with two attached hydrogens (primary N) is 1. The van der Waals surface area contributed by atoms with Crippen molar-refractivity contribution in [2.45, 2.75) is 129 Å². The van der Waals surface area contributed by atoms with Gasteiger partial charge in [-0.25, -0.2) is 0 Å². The van der Waals surface area contributed by atoms with Crippen molar-refractivity contribution in [2.75, 3.05) is 11.1 Å². The van der Waals surface area contributed by atoms with E-state index in [0.29, 0.717) is 12.3 Å². The Bertz CT molecular complexity index is 1550. The second-order valence-corrected chi connectivity index (χ2v) is 16.6. The lowest BCUT2D eigenvalue weighted by molar-refractivity contribution is -0.150. The van der Waals surface area contributed by atoms with E-state index in [0.717, 1.165) is 82.0 Å². The summed E-state index contributed by atoms with van der Waals surface area (Å²) in [6.07, 6.45) is 10.5. The third-order valence-corrected chi connectivity index (χ3v) is 13.2. The highest BCUT2D eigenvalue weighted by molar-refractivity contribution is 6.01. The Kier molecular flexibility index (Phi) is 8.43. The van der Waals surface area contributed by atoms with Crippen molar-refractivity contribution in [1.82, 2.24) is 5.32 Å². The number of fused-ring (bicyclic) bond motifs is 6. The number of nitrogen functional groups attached to an aromatic ring is 1. The molecule has 6 nitrogen and oxygen atoms in total. The van der Waals surface area contributed by atoms with Crippen LogP contribution in [0.15, 0.2) is 36.4 Å². The molecule has 6 atom stereocenters. The van der Waals surface area contributed by atoms with E-state index in [4.69, 9.17) is 5.73 Å². The van der Waals surface area contributed by atoms with Crippen LogP contribution in [0.3, 0.4) is 0 Å². The van der Waals surface area contributed by atoms with E-state index < -0.39 is 10.8 Å². The number of amides is 3. The second-order valence-electron chi connectivity index (χ2n) is 16.6. The predicted molar refractivity (Wildman–Crippen MR) is 185 cm³/mol. The molecule has 248 valence electrons. The first-order chi connectivity index (χ1) is 21.7. The van der Waals surface area contributed by atoms with Crippen LogP contribution in [0.1, 0.15) is 128 Å². The zero-order valence-electron chi connectivity index (χ0n) is 29.0. The van der Waals surface area contributed by atoms with Crippen LogP contribution in [-0.2, 0) is 38.1 Å². The number of nitrogens with one attached hydrogen (secondary N) is 2. The van der Waals surface area contributed by atoms with E-state index in [9.17, 15) is 14.4 Å². The normalized spacial score (nSPS) is 33.2. The van der Waals surface area contributed by atoms with Gasteiger partial charge in [0.2, 0.25) is 17.7 Å². The van der Waals surface area contributed by atoms with E-state index in [1.54, 1.807) is 0 Å². The smallest absolute Gasteiger partial charge is 0.232 e. The van der Waals surface area contributed by atoms with Gasteiger partial charge in [0.25, 0.3) is 0 Å². The fourth-order valence-electron chi connectivity index (χ4n) is 10.6. The Balaban J connectivity index is 1.23. The van der Waals surface area contributed by atoms with Crippen LogP contribution in [0, 0.1) is 28.6 Å². The summed E-state index contributed by atoms with van der Waals surface area (Å²) in [6, 6.07) is 12.6. The Morgan fingerprint density at radius 1 is 0.783 bits per heavy atom. The molecule has 0 unspecified atom stereocenters. The maximum absolute atomic E-state index is 14.4. The number of aryl methyl sites for hydroxylation is 2. The molecule has 0 heterocycles. The lowest BCUT2D eigenvalue weighted by Crippen LogP contribution is -2.60. The van der Waals surface area contributed by atoms with Crippen molar-refractivity contribution in [3.63, 3.8) is 0 Å². The molecule has 2 aromatic rings. The van der Waals surface area contributed by atoms with Crippen LogP contribution in [-0.4, -0.2) is 17.7 Å². The monoisotopic (exact) mass is 625 g/mol. The number of imide groups is 1. The average molecular weight is 626 g/mol. The third-order valence-electron chi connectivity index (χ3n) is 13.2. The molecule has 0 aliphatic heterocycles. The zero-order valence-corrected chi connectivity index (χ0v) is 29.0. The highest BCUT2D eigenvalue weighted by atomic mass is 16.2. The van der Waals surface area contributed by atoms with Gasteiger partial charge >= 0.3 is 0 Å². The summed E-state index contributed by atoms with van der Waals surface area (Å²) in [7, 11) is 0. The number of benzene rings is 2. The molecule has 0 spiro atoms. The van der Waals surface area contributed by atoms with Gasteiger partial charge in [0, 0.05) is 17.8 Å². The maximum atomic E-state index is 14.4. The zero-order chi connectivity index (χ0) is 33.1. The van der Waals surface area contributed by atoms with Gasteiger partial charge < -0.3 is 11.1 Å². The molecule has 0 aromatic heterocycles. The quantitative estimate of drug-likeness (QED) is 0.224. The van der Waals surface area contributed by atoms with Crippen LogP contribution in [0.4, 0.5) is 11.4 Å². The van der Waals surface area contributed by atoms with E-state index in [2.05, 4.69) is 76.4 Å². The molecule has 46 heavy (non-hydrogen) atoms. The van der Waals surface area contributed by atoms with Crippen molar-refractivity contribution in [1.29, 1.82) is 0 Å². The summed E-state index contributed by atoms with van der Waals surface area (Å²) in [4.78, 5) is 41.5. The fraction of sp³-hybridized carbons (Fsp3) is 0.625. The van der Waals surface area contributed by atoms with Crippen molar-refractivity contribution in [3.05, 3.63) is 58.7 Å². The van der Waals surface area contributed by atoms with Crippen LogP contribution < -0.4 is 16.4 Å². The van der Waals surface area contributed by atoms with Gasteiger partial charge in [-0.05, 0) is 133 Å². The van der Waals surface area contributed by atoms with Crippen LogP contribution >= 0.6 is 0 Å². The van der Waals surface area contributed by atoms with Gasteiger partial charge in [-0.3, -0.25) is 19.7 Å². The Labute approximate surface area is 276 Å². The largest absolute Gasteiger partial charge is 0.399 e. The van der Waals surface area contributed by atoms with Gasteiger partial charge in [-0.1, -0.05) is 66.5 Å². The van der Waals surface area contributed by atoms with Crippen molar-refractivity contribution in [3.8, 4) is 0 Å². The molecular formula is C40H55N3O3. The molecule has 6 rings (SSSR count). The Hall–Kier alpha value is -3.15. The van der Waals surface area contributed by atoms with Gasteiger partial charge in [-0.15, -0.1) is 0 Å². The maximum Gasteiger partial charge on any atom is 0.232 e. The Morgan fingerprint density at radius 2 is 1.30 bits per heavy atom. The minimum Gasteiger partial charge on any atom is -0.399 e. The summed E-state index contributed by atoms with van der Waals surface area (Å²) in [5, 5.41) is 6.20. The number of carbonyl (C=O) groups excluding carboxylic acids is 3. The molecule has 0 saturated heterocycles. The average Bonchev–Trinajstić information content (AvgIpc) is 3.00. The lowest BCUT2D eigenvalue weighted by Gasteiger charge is -2.56. The van der Waals surface area contributed by atoms with Gasteiger partial charge in [0.15, 0.2) is 0 Å². The first-order valence-electron chi connectivity index (χ1n) is 17.9. The summed E-state index contributed by atoms with van der Waals surface area (Å²) in [5.41, 5.74) is 11.4. The van der Waals surface area contributed by atoms with E-state index in [1.165, 1.54) is 22.3 Å². The highest BCUT2D eigenvalue weighted by Crippen LogP contribution is 2.59. The fourth-order valence-corrected chi connectivity index (χ4v) is 10.6. The van der Waals surface area contributed by atoms with Crippen LogP contribution in [0.5, 0.6) is 0 Å². The molecule has 0 bridgehead atoms. The summed E-state index contributed by atoms with van der Waals surface area (Å²) in [6.45, 7) is 13.1. The minimum atomic E-state index is -0.654. The van der Waals surface area contributed by atoms with E-state index in [1.807, 2.05) is 12.1 Å².